The maximum atomic E-state index is 11.5. The lowest BCUT2D eigenvalue weighted by Gasteiger charge is -2.09. The second kappa shape index (κ2) is 8.50. The van der Waals surface area contributed by atoms with Gasteiger partial charge in [0.05, 0.1) is 19.8 Å². The average molecular weight is 267 g/mol. The molecule has 5 nitrogen and oxygen atoms in total. The molecule has 106 valence electrons. The van der Waals surface area contributed by atoms with Gasteiger partial charge in [0.1, 0.15) is 5.75 Å². The first-order valence-electron chi connectivity index (χ1n) is 6.29. The van der Waals surface area contributed by atoms with Crippen molar-refractivity contribution in [3.8, 4) is 5.75 Å². The minimum absolute atomic E-state index is 0.0101. The molecular weight excluding hydrogens is 246 g/mol. The highest BCUT2D eigenvalue weighted by Crippen LogP contribution is 2.16. The Morgan fingerprint density at radius 3 is 2.74 bits per heavy atom. The molecule has 0 aromatic heterocycles. The van der Waals surface area contributed by atoms with E-state index >= 15 is 0 Å². The lowest BCUT2D eigenvalue weighted by Crippen LogP contribution is -2.31. The fourth-order valence-corrected chi connectivity index (χ4v) is 1.43. The van der Waals surface area contributed by atoms with Gasteiger partial charge in [0.25, 0.3) is 5.91 Å². The Morgan fingerprint density at radius 1 is 1.26 bits per heavy atom. The normalized spacial score (nSPS) is 10.3. The van der Waals surface area contributed by atoms with Crippen molar-refractivity contribution >= 4 is 5.91 Å². The zero-order chi connectivity index (χ0) is 14.1. The van der Waals surface area contributed by atoms with Crippen molar-refractivity contribution in [2.75, 3.05) is 33.0 Å². The van der Waals surface area contributed by atoms with Gasteiger partial charge in [-0.15, -0.1) is 0 Å². The number of nitrogens with one attached hydrogen (secondary N) is 1. The van der Waals surface area contributed by atoms with Gasteiger partial charge in [0, 0.05) is 6.54 Å². The number of carbonyl (C=O) groups excluding carboxylic acids is 1. The van der Waals surface area contributed by atoms with Gasteiger partial charge in [0.2, 0.25) is 0 Å². The zero-order valence-corrected chi connectivity index (χ0v) is 11.4. The average Bonchev–Trinajstić information content (AvgIpc) is 2.40. The predicted octanol–water partition coefficient (Wildman–Crippen LogP) is 0.807. The summed E-state index contributed by atoms with van der Waals surface area (Å²) >= 11 is 0. The highest BCUT2D eigenvalue weighted by atomic mass is 16.5. The number of carbonyl (C=O) groups is 1. The molecule has 5 heteroatoms. The Hall–Kier alpha value is -1.59. The van der Waals surface area contributed by atoms with Gasteiger partial charge in [-0.25, -0.2) is 0 Å². The quantitative estimate of drug-likeness (QED) is 0.684. The molecule has 19 heavy (non-hydrogen) atoms. The number of benzene rings is 1. The van der Waals surface area contributed by atoms with Gasteiger partial charge < -0.3 is 19.9 Å². The van der Waals surface area contributed by atoms with Crippen molar-refractivity contribution in [3.05, 3.63) is 29.3 Å². The number of amides is 1. The Bertz CT molecular complexity index is 406. The van der Waals surface area contributed by atoms with Crippen LogP contribution in [-0.4, -0.2) is 44.0 Å². The van der Waals surface area contributed by atoms with E-state index in [1.165, 1.54) is 5.56 Å². The van der Waals surface area contributed by atoms with E-state index in [9.17, 15) is 4.79 Å². The SMILES string of the molecule is Cc1ccc(OCC(=O)NCCOCCO)cc1C. The number of aryl methyl sites for hydroxylation is 2. The van der Waals surface area contributed by atoms with Crippen LogP contribution in [0.15, 0.2) is 18.2 Å². The Morgan fingerprint density at radius 2 is 2.05 bits per heavy atom. The number of hydrogen-bond acceptors (Lipinski definition) is 4. The maximum Gasteiger partial charge on any atom is 0.258 e. The molecule has 2 N–H and O–H groups in total. The molecule has 1 aromatic carbocycles. The van der Waals surface area contributed by atoms with Crippen LogP contribution in [0.2, 0.25) is 0 Å². The van der Waals surface area contributed by atoms with Gasteiger partial charge in [0.15, 0.2) is 6.61 Å². The van der Waals surface area contributed by atoms with E-state index < -0.39 is 0 Å². The van der Waals surface area contributed by atoms with Crippen LogP contribution in [0.5, 0.6) is 5.75 Å². The summed E-state index contributed by atoms with van der Waals surface area (Å²) in [7, 11) is 0. The molecule has 0 bridgehead atoms. The van der Waals surface area contributed by atoms with Crippen LogP contribution < -0.4 is 10.1 Å². The van der Waals surface area contributed by atoms with Crippen molar-refractivity contribution in [1.29, 1.82) is 0 Å². The third kappa shape index (κ3) is 6.22. The third-order valence-corrected chi connectivity index (χ3v) is 2.65. The first kappa shape index (κ1) is 15.5. The van der Waals surface area contributed by atoms with Gasteiger partial charge >= 0.3 is 0 Å². The molecular formula is C14H21NO4. The minimum Gasteiger partial charge on any atom is -0.484 e. The number of hydrogen-bond donors (Lipinski definition) is 2. The third-order valence-electron chi connectivity index (χ3n) is 2.65. The van der Waals surface area contributed by atoms with Gasteiger partial charge in [-0.05, 0) is 37.1 Å². The molecule has 0 saturated heterocycles. The van der Waals surface area contributed by atoms with Crippen molar-refractivity contribution in [2.45, 2.75) is 13.8 Å². The van der Waals surface area contributed by atoms with E-state index in [-0.39, 0.29) is 25.7 Å². The topological polar surface area (TPSA) is 67.8 Å². The van der Waals surface area contributed by atoms with Crippen molar-refractivity contribution in [2.24, 2.45) is 0 Å². The van der Waals surface area contributed by atoms with Crippen molar-refractivity contribution in [3.63, 3.8) is 0 Å². The molecule has 0 aliphatic heterocycles. The Labute approximate surface area is 113 Å². The summed E-state index contributed by atoms with van der Waals surface area (Å²) in [4.78, 5) is 11.5. The summed E-state index contributed by atoms with van der Waals surface area (Å²) in [6, 6.07) is 5.72. The summed E-state index contributed by atoms with van der Waals surface area (Å²) < 4.78 is 10.4. The molecule has 1 amide bonds. The molecule has 0 atom stereocenters. The fraction of sp³-hybridized carbons (Fsp3) is 0.500. The number of rotatable bonds is 8. The van der Waals surface area contributed by atoms with Crippen LogP contribution in [0.3, 0.4) is 0 Å². The second-order valence-electron chi connectivity index (χ2n) is 4.22. The molecule has 0 heterocycles. The number of aliphatic hydroxyl groups is 1. The lowest BCUT2D eigenvalue weighted by molar-refractivity contribution is -0.123. The van der Waals surface area contributed by atoms with Gasteiger partial charge in [-0.2, -0.15) is 0 Å². The minimum atomic E-state index is -0.189. The summed E-state index contributed by atoms with van der Waals surface area (Å²) in [6.45, 7) is 5.09. The Balaban J connectivity index is 2.20. The monoisotopic (exact) mass is 267 g/mol. The summed E-state index contributed by atoms with van der Waals surface area (Å²) in [5.41, 5.74) is 2.33. The molecule has 0 unspecified atom stereocenters. The van der Waals surface area contributed by atoms with E-state index in [4.69, 9.17) is 14.6 Å². The highest BCUT2D eigenvalue weighted by molar-refractivity contribution is 5.77. The van der Waals surface area contributed by atoms with E-state index in [2.05, 4.69) is 5.32 Å². The first-order valence-corrected chi connectivity index (χ1v) is 6.29. The van der Waals surface area contributed by atoms with Crippen molar-refractivity contribution in [1.82, 2.24) is 5.32 Å². The predicted molar refractivity (Wildman–Crippen MR) is 72.3 cm³/mol. The van der Waals surface area contributed by atoms with Gasteiger partial charge in [-0.1, -0.05) is 6.07 Å². The smallest absolute Gasteiger partial charge is 0.258 e. The Kier molecular flexibility index (Phi) is 6.92. The highest BCUT2D eigenvalue weighted by Gasteiger charge is 2.03. The van der Waals surface area contributed by atoms with Crippen LogP contribution in [-0.2, 0) is 9.53 Å². The molecule has 0 saturated carbocycles. The first-order chi connectivity index (χ1) is 9.13. The summed E-state index contributed by atoms with van der Waals surface area (Å²) in [6.07, 6.45) is 0. The standard InChI is InChI=1S/C14H21NO4/c1-11-3-4-13(9-12(11)2)19-10-14(17)15-5-7-18-8-6-16/h3-4,9,16H,5-8,10H2,1-2H3,(H,15,17). The summed E-state index contributed by atoms with van der Waals surface area (Å²) in [5.74, 6) is 0.501. The summed E-state index contributed by atoms with van der Waals surface area (Å²) in [5, 5.41) is 11.2. The van der Waals surface area contributed by atoms with Crippen LogP contribution in [0.1, 0.15) is 11.1 Å². The van der Waals surface area contributed by atoms with Crippen molar-refractivity contribution < 1.29 is 19.4 Å². The number of aliphatic hydroxyl groups excluding tert-OH is 1. The van der Waals surface area contributed by atoms with E-state index in [0.29, 0.717) is 18.9 Å². The molecule has 1 rings (SSSR count). The van der Waals surface area contributed by atoms with Crippen LogP contribution in [0.25, 0.3) is 0 Å². The van der Waals surface area contributed by atoms with E-state index in [1.807, 2.05) is 32.0 Å². The molecule has 0 aliphatic carbocycles. The van der Waals surface area contributed by atoms with E-state index in [1.54, 1.807) is 0 Å². The second-order valence-corrected chi connectivity index (χ2v) is 4.22. The lowest BCUT2D eigenvalue weighted by atomic mass is 10.1. The van der Waals surface area contributed by atoms with Crippen LogP contribution in [0.4, 0.5) is 0 Å². The van der Waals surface area contributed by atoms with Gasteiger partial charge in [-0.3, -0.25) is 4.79 Å². The zero-order valence-electron chi connectivity index (χ0n) is 11.4. The largest absolute Gasteiger partial charge is 0.484 e. The van der Waals surface area contributed by atoms with Crippen LogP contribution in [0, 0.1) is 13.8 Å². The molecule has 0 radical (unpaired) electrons. The number of ether oxygens (including phenoxy) is 2. The molecule has 0 fully saturated rings. The van der Waals surface area contributed by atoms with Crippen LogP contribution >= 0.6 is 0 Å². The molecule has 1 aromatic rings. The fourth-order valence-electron chi connectivity index (χ4n) is 1.43. The molecule has 0 spiro atoms. The van der Waals surface area contributed by atoms with E-state index in [0.717, 1.165) is 5.56 Å². The maximum absolute atomic E-state index is 11.5. The molecule has 0 aliphatic rings.